The van der Waals surface area contributed by atoms with Gasteiger partial charge in [0.25, 0.3) is 0 Å². The van der Waals surface area contributed by atoms with Gasteiger partial charge in [-0.15, -0.1) is 0 Å². The maximum Gasteiger partial charge on any atom is 0.306 e. The number of esters is 1. The molecule has 0 aromatic heterocycles. The lowest BCUT2D eigenvalue weighted by molar-refractivity contribution is -0.140. The van der Waals surface area contributed by atoms with E-state index in [4.69, 9.17) is 0 Å². The van der Waals surface area contributed by atoms with Gasteiger partial charge in [0.2, 0.25) is 10.0 Å². The molecule has 0 aliphatic carbocycles. The number of hydrogen-bond acceptors (Lipinski definition) is 4. The highest BCUT2D eigenvalue weighted by molar-refractivity contribution is 7.89. The van der Waals surface area contributed by atoms with Crippen molar-refractivity contribution in [1.29, 1.82) is 0 Å². The van der Waals surface area contributed by atoms with E-state index in [-0.39, 0.29) is 18.1 Å². The lowest BCUT2D eigenvalue weighted by atomic mass is 10.2. The van der Waals surface area contributed by atoms with Crippen LogP contribution >= 0.6 is 0 Å². The van der Waals surface area contributed by atoms with E-state index in [1.807, 2.05) is 13.8 Å². The van der Waals surface area contributed by atoms with Crippen LogP contribution in [0.15, 0.2) is 0 Å². The fraction of sp³-hybridized carbons (Fsp3) is 0.875. The van der Waals surface area contributed by atoms with Crippen LogP contribution in [0.1, 0.15) is 20.3 Å². The van der Waals surface area contributed by atoms with Gasteiger partial charge in [-0.05, 0) is 5.92 Å². The van der Waals surface area contributed by atoms with Gasteiger partial charge in [-0.3, -0.25) is 4.79 Å². The third kappa shape index (κ3) is 6.85. The van der Waals surface area contributed by atoms with Crippen LogP contribution in [0.3, 0.4) is 0 Å². The van der Waals surface area contributed by atoms with Gasteiger partial charge >= 0.3 is 5.97 Å². The van der Waals surface area contributed by atoms with E-state index in [0.717, 1.165) is 0 Å². The Morgan fingerprint density at radius 3 is 2.43 bits per heavy atom. The monoisotopic (exact) mass is 223 g/mol. The summed E-state index contributed by atoms with van der Waals surface area (Å²) in [5, 5.41) is 0. The molecule has 0 rings (SSSR count). The number of methoxy groups -OCH3 is 1. The van der Waals surface area contributed by atoms with E-state index >= 15 is 0 Å². The zero-order valence-electron chi connectivity index (χ0n) is 8.74. The lowest BCUT2D eigenvalue weighted by Crippen LogP contribution is -2.30. The summed E-state index contributed by atoms with van der Waals surface area (Å²) in [6, 6.07) is 0. The molecule has 0 saturated carbocycles. The molecule has 14 heavy (non-hydrogen) atoms. The molecular weight excluding hydrogens is 206 g/mol. The number of ether oxygens (including phenoxy) is 1. The summed E-state index contributed by atoms with van der Waals surface area (Å²) in [6.45, 7) is 4.20. The molecule has 0 atom stereocenters. The predicted molar refractivity (Wildman–Crippen MR) is 53.3 cm³/mol. The lowest BCUT2D eigenvalue weighted by Gasteiger charge is -2.07. The van der Waals surface area contributed by atoms with Crippen molar-refractivity contribution in [1.82, 2.24) is 4.72 Å². The minimum Gasteiger partial charge on any atom is -0.469 e. The Kier molecular flexibility index (Phi) is 5.71. The molecule has 84 valence electrons. The molecule has 0 unspecified atom stereocenters. The standard InChI is InChI=1S/C8H17NO4S/c1-7(2)6-9-14(11,12)5-4-8(10)13-3/h7,9H,4-6H2,1-3H3. The Hall–Kier alpha value is -0.620. The second-order valence-electron chi connectivity index (χ2n) is 3.39. The molecular formula is C8H17NO4S. The number of carbonyl (C=O) groups excluding carboxylic acids is 1. The SMILES string of the molecule is COC(=O)CCS(=O)(=O)NCC(C)C. The summed E-state index contributed by atoms with van der Waals surface area (Å²) in [4.78, 5) is 10.7. The highest BCUT2D eigenvalue weighted by atomic mass is 32.2. The van der Waals surface area contributed by atoms with Crippen molar-refractivity contribution < 1.29 is 17.9 Å². The molecule has 0 amide bonds. The van der Waals surface area contributed by atoms with Crippen molar-refractivity contribution in [2.24, 2.45) is 5.92 Å². The van der Waals surface area contributed by atoms with Crippen LogP contribution < -0.4 is 4.72 Å². The molecule has 0 saturated heterocycles. The normalized spacial score (nSPS) is 11.7. The van der Waals surface area contributed by atoms with E-state index in [0.29, 0.717) is 6.54 Å². The second kappa shape index (κ2) is 5.98. The van der Waals surface area contributed by atoms with Crippen LogP contribution in [0.2, 0.25) is 0 Å². The van der Waals surface area contributed by atoms with Crippen LogP contribution in [-0.2, 0) is 19.6 Å². The van der Waals surface area contributed by atoms with Gasteiger partial charge in [-0.2, -0.15) is 0 Å². The summed E-state index contributed by atoms with van der Waals surface area (Å²) < 4.78 is 29.2. The average Bonchev–Trinajstić information content (AvgIpc) is 2.11. The largest absolute Gasteiger partial charge is 0.469 e. The smallest absolute Gasteiger partial charge is 0.306 e. The number of sulfonamides is 1. The minimum atomic E-state index is -3.33. The molecule has 1 N–H and O–H groups in total. The summed E-state index contributed by atoms with van der Waals surface area (Å²) in [5.41, 5.74) is 0. The summed E-state index contributed by atoms with van der Waals surface area (Å²) in [5.74, 6) is -0.477. The first-order valence-electron chi connectivity index (χ1n) is 4.41. The molecule has 0 aliphatic rings. The Morgan fingerprint density at radius 2 is 2.00 bits per heavy atom. The molecule has 0 heterocycles. The molecule has 0 aliphatic heterocycles. The number of rotatable bonds is 6. The molecule has 0 fully saturated rings. The maximum atomic E-state index is 11.2. The zero-order valence-corrected chi connectivity index (χ0v) is 9.56. The topological polar surface area (TPSA) is 72.5 Å². The fourth-order valence-electron chi connectivity index (χ4n) is 0.686. The molecule has 0 aromatic carbocycles. The van der Waals surface area contributed by atoms with Crippen molar-refractivity contribution in [2.75, 3.05) is 19.4 Å². The van der Waals surface area contributed by atoms with Crippen molar-refractivity contribution in [2.45, 2.75) is 20.3 Å². The van der Waals surface area contributed by atoms with Gasteiger partial charge in [0, 0.05) is 6.54 Å². The molecule has 5 nitrogen and oxygen atoms in total. The van der Waals surface area contributed by atoms with E-state index < -0.39 is 16.0 Å². The Bertz CT molecular complexity index is 271. The predicted octanol–water partition coefficient (Wildman–Crippen LogP) is 0.125. The Labute approximate surface area is 84.9 Å². The fourth-order valence-corrected chi connectivity index (χ4v) is 1.85. The second-order valence-corrected chi connectivity index (χ2v) is 5.31. The maximum absolute atomic E-state index is 11.2. The molecule has 0 aromatic rings. The first-order valence-corrected chi connectivity index (χ1v) is 6.06. The first kappa shape index (κ1) is 13.4. The van der Waals surface area contributed by atoms with E-state index in [1.54, 1.807) is 0 Å². The van der Waals surface area contributed by atoms with Crippen molar-refractivity contribution in [3.63, 3.8) is 0 Å². The van der Waals surface area contributed by atoms with E-state index in [9.17, 15) is 13.2 Å². The van der Waals surface area contributed by atoms with Gasteiger partial charge in [0.1, 0.15) is 0 Å². The van der Waals surface area contributed by atoms with E-state index in [2.05, 4.69) is 9.46 Å². The third-order valence-electron chi connectivity index (χ3n) is 1.51. The third-order valence-corrected chi connectivity index (χ3v) is 2.86. The number of hydrogen-bond donors (Lipinski definition) is 1. The quantitative estimate of drug-likeness (QED) is 0.649. The number of nitrogens with one attached hydrogen (secondary N) is 1. The number of carbonyl (C=O) groups is 1. The Balaban J connectivity index is 3.90. The van der Waals surface area contributed by atoms with Crippen LogP contribution in [-0.4, -0.2) is 33.8 Å². The van der Waals surface area contributed by atoms with Crippen LogP contribution in [0, 0.1) is 5.92 Å². The first-order chi connectivity index (χ1) is 6.37. The van der Waals surface area contributed by atoms with Gasteiger partial charge in [0.15, 0.2) is 0 Å². The molecule has 0 bridgehead atoms. The molecule has 0 spiro atoms. The summed E-state index contributed by atoms with van der Waals surface area (Å²) >= 11 is 0. The van der Waals surface area contributed by atoms with Crippen molar-refractivity contribution in [3.05, 3.63) is 0 Å². The highest BCUT2D eigenvalue weighted by Crippen LogP contribution is 1.94. The molecule has 6 heteroatoms. The van der Waals surface area contributed by atoms with Gasteiger partial charge in [-0.25, -0.2) is 13.1 Å². The highest BCUT2D eigenvalue weighted by Gasteiger charge is 2.13. The van der Waals surface area contributed by atoms with Crippen LogP contribution in [0.25, 0.3) is 0 Å². The van der Waals surface area contributed by atoms with Crippen molar-refractivity contribution in [3.8, 4) is 0 Å². The molecule has 0 radical (unpaired) electrons. The zero-order chi connectivity index (χ0) is 11.2. The Morgan fingerprint density at radius 1 is 1.43 bits per heavy atom. The van der Waals surface area contributed by atoms with Gasteiger partial charge < -0.3 is 4.74 Å². The minimum absolute atomic E-state index is 0.107. The van der Waals surface area contributed by atoms with Gasteiger partial charge in [0.05, 0.1) is 19.3 Å². The summed E-state index contributed by atoms with van der Waals surface area (Å²) in [7, 11) is -2.10. The van der Waals surface area contributed by atoms with Gasteiger partial charge in [-0.1, -0.05) is 13.8 Å². The van der Waals surface area contributed by atoms with Crippen molar-refractivity contribution >= 4 is 16.0 Å². The summed E-state index contributed by atoms with van der Waals surface area (Å²) in [6.07, 6.45) is -0.107. The van der Waals surface area contributed by atoms with E-state index in [1.165, 1.54) is 7.11 Å². The van der Waals surface area contributed by atoms with Crippen LogP contribution in [0.4, 0.5) is 0 Å². The average molecular weight is 223 g/mol. The van der Waals surface area contributed by atoms with Crippen LogP contribution in [0.5, 0.6) is 0 Å².